The Kier molecular flexibility index (Phi) is 6.65. The van der Waals surface area contributed by atoms with Crippen molar-refractivity contribution in [3.05, 3.63) is 0 Å². The van der Waals surface area contributed by atoms with Gasteiger partial charge in [-0.15, -0.1) is 0 Å². The van der Waals surface area contributed by atoms with Crippen LogP contribution in [0.3, 0.4) is 0 Å². The monoisotopic (exact) mass is 217 g/mol. The van der Waals surface area contributed by atoms with Gasteiger partial charge in [0.2, 0.25) is 0 Å². The first-order valence-corrected chi connectivity index (χ1v) is 6.91. The number of ether oxygens (including phenoxy) is 1. The Morgan fingerprint density at radius 2 is 2.43 bits per heavy atom. The van der Waals surface area contributed by atoms with Gasteiger partial charge in [-0.3, -0.25) is 0 Å². The summed E-state index contributed by atoms with van der Waals surface area (Å²) in [6, 6.07) is 0.637. The standard InChI is InChI=1S/C11H23NOS/c1-3-14-8-6-10(2)12-9-11-5-4-7-13-11/h10-12H,3-9H2,1-2H3. The van der Waals surface area contributed by atoms with E-state index >= 15 is 0 Å². The van der Waals surface area contributed by atoms with Crippen molar-refractivity contribution in [2.45, 2.75) is 45.3 Å². The lowest BCUT2D eigenvalue weighted by atomic mass is 10.2. The normalized spacial score (nSPS) is 24.0. The number of hydrogen-bond donors (Lipinski definition) is 1. The SMILES string of the molecule is CCSCCC(C)NCC1CCCO1. The van der Waals surface area contributed by atoms with Crippen molar-refractivity contribution < 1.29 is 4.74 Å². The van der Waals surface area contributed by atoms with Gasteiger partial charge in [0, 0.05) is 19.2 Å². The topological polar surface area (TPSA) is 21.3 Å². The van der Waals surface area contributed by atoms with E-state index in [-0.39, 0.29) is 0 Å². The Labute approximate surface area is 92.2 Å². The Hall–Kier alpha value is 0.270. The fourth-order valence-corrected chi connectivity index (χ4v) is 2.45. The molecule has 14 heavy (non-hydrogen) atoms. The van der Waals surface area contributed by atoms with E-state index in [2.05, 4.69) is 19.2 Å². The summed E-state index contributed by atoms with van der Waals surface area (Å²) in [6.07, 6.45) is 4.23. The van der Waals surface area contributed by atoms with Gasteiger partial charge in [0.15, 0.2) is 0 Å². The summed E-state index contributed by atoms with van der Waals surface area (Å²) in [4.78, 5) is 0. The summed E-state index contributed by atoms with van der Waals surface area (Å²) >= 11 is 2.02. The second-order valence-electron chi connectivity index (χ2n) is 3.93. The molecule has 1 N–H and O–H groups in total. The molecule has 0 saturated carbocycles. The van der Waals surface area contributed by atoms with Crippen molar-refractivity contribution in [3.8, 4) is 0 Å². The summed E-state index contributed by atoms with van der Waals surface area (Å²) < 4.78 is 5.56. The zero-order chi connectivity index (χ0) is 10.2. The fraction of sp³-hybridized carbons (Fsp3) is 1.00. The number of nitrogens with one attached hydrogen (secondary N) is 1. The summed E-state index contributed by atoms with van der Waals surface area (Å²) in [6.45, 7) is 6.49. The van der Waals surface area contributed by atoms with Crippen molar-refractivity contribution in [2.24, 2.45) is 0 Å². The molecule has 2 atom stereocenters. The van der Waals surface area contributed by atoms with E-state index in [1.165, 1.54) is 30.8 Å². The first-order valence-electron chi connectivity index (χ1n) is 5.75. The van der Waals surface area contributed by atoms with Gasteiger partial charge in [0.05, 0.1) is 6.10 Å². The minimum Gasteiger partial charge on any atom is -0.377 e. The van der Waals surface area contributed by atoms with E-state index in [1.807, 2.05) is 11.8 Å². The first kappa shape index (κ1) is 12.3. The minimum absolute atomic E-state index is 0.483. The molecule has 1 aliphatic heterocycles. The molecule has 0 bridgehead atoms. The van der Waals surface area contributed by atoms with Crippen LogP contribution in [0.4, 0.5) is 0 Å². The second-order valence-corrected chi connectivity index (χ2v) is 5.32. The third-order valence-electron chi connectivity index (χ3n) is 2.62. The van der Waals surface area contributed by atoms with E-state index in [1.54, 1.807) is 0 Å². The molecule has 1 saturated heterocycles. The molecule has 0 aromatic carbocycles. The average molecular weight is 217 g/mol. The van der Waals surface area contributed by atoms with Crippen LogP contribution in [0.25, 0.3) is 0 Å². The van der Waals surface area contributed by atoms with Crippen molar-refractivity contribution in [1.29, 1.82) is 0 Å². The highest BCUT2D eigenvalue weighted by Gasteiger charge is 2.15. The van der Waals surface area contributed by atoms with Gasteiger partial charge < -0.3 is 10.1 Å². The first-order chi connectivity index (χ1) is 6.83. The van der Waals surface area contributed by atoms with Crippen LogP contribution in [-0.2, 0) is 4.74 Å². The van der Waals surface area contributed by atoms with Gasteiger partial charge in [-0.2, -0.15) is 11.8 Å². The highest BCUT2D eigenvalue weighted by molar-refractivity contribution is 7.99. The third kappa shape index (κ3) is 5.23. The van der Waals surface area contributed by atoms with Crippen LogP contribution in [0.5, 0.6) is 0 Å². The maximum absolute atomic E-state index is 5.56. The number of thioether (sulfide) groups is 1. The van der Waals surface area contributed by atoms with Crippen LogP contribution >= 0.6 is 11.8 Å². The van der Waals surface area contributed by atoms with Gasteiger partial charge in [0.1, 0.15) is 0 Å². The van der Waals surface area contributed by atoms with E-state index in [9.17, 15) is 0 Å². The highest BCUT2D eigenvalue weighted by atomic mass is 32.2. The van der Waals surface area contributed by atoms with Crippen molar-refractivity contribution in [1.82, 2.24) is 5.32 Å². The quantitative estimate of drug-likeness (QED) is 0.661. The lowest BCUT2D eigenvalue weighted by Gasteiger charge is -2.16. The lowest BCUT2D eigenvalue weighted by Crippen LogP contribution is -2.33. The summed E-state index contributed by atoms with van der Waals surface area (Å²) in [5.74, 6) is 2.51. The van der Waals surface area contributed by atoms with E-state index in [0.717, 1.165) is 13.2 Å². The minimum atomic E-state index is 0.483. The van der Waals surface area contributed by atoms with Gasteiger partial charge in [0.25, 0.3) is 0 Å². The Morgan fingerprint density at radius 3 is 3.07 bits per heavy atom. The molecule has 0 radical (unpaired) electrons. The molecule has 2 nitrogen and oxygen atoms in total. The molecule has 0 amide bonds. The number of hydrogen-bond acceptors (Lipinski definition) is 3. The van der Waals surface area contributed by atoms with Crippen molar-refractivity contribution >= 4 is 11.8 Å². The van der Waals surface area contributed by atoms with Crippen molar-refractivity contribution in [2.75, 3.05) is 24.7 Å². The highest BCUT2D eigenvalue weighted by Crippen LogP contribution is 2.11. The van der Waals surface area contributed by atoms with Gasteiger partial charge in [-0.05, 0) is 37.7 Å². The van der Waals surface area contributed by atoms with E-state index < -0.39 is 0 Å². The molecular weight excluding hydrogens is 194 g/mol. The molecule has 1 heterocycles. The van der Waals surface area contributed by atoms with Crippen LogP contribution in [-0.4, -0.2) is 36.8 Å². The molecule has 3 heteroatoms. The molecule has 1 fully saturated rings. The van der Waals surface area contributed by atoms with Gasteiger partial charge in [-0.25, -0.2) is 0 Å². The maximum atomic E-state index is 5.56. The molecule has 1 rings (SSSR count). The van der Waals surface area contributed by atoms with Crippen LogP contribution in [0, 0.1) is 0 Å². The van der Waals surface area contributed by atoms with Crippen molar-refractivity contribution in [3.63, 3.8) is 0 Å². The predicted molar refractivity (Wildman–Crippen MR) is 64.1 cm³/mol. The van der Waals surface area contributed by atoms with Crippen LogP contribution < -0.4 is 5.32 Å². The average Bonchev–Trinajstić information content (AvgIpc) is 2.68. The maximum Gasteiger partial charge on any atom is 0.0700 e. The summed E-state index contributed by atoms with van der Waals surface area (Å²) in [5, 5.41) is 3.55. The largest absolute Gasteiger partial charge is 0.377 e. The fourth-order valence-electron chi connectivity index (χ4n) is 1.64. The van der Waals surface area contributed by atoms with E-state index in [0.29, 0.717) is 12.1 Å². The summed E-state index contributed by atoms with van der Waals surface area (Å²) in [7, 11) is 0. The molecule has 0 spiro atoms. The predicted octanol–water partition coefficient (Wildman–Crippen LogP) is 2.29. The molecule has 0 aromatic rings. The second kappa shape index (κ2) is 7.55. The lowest BCUT2D eigenvalue weighted by molar-refractivity contribution is 0.108. The van der Waals surface area contributed by atoms with Gasteiger partial charge >= 0.3 is 0 Å². The van der Waals surface area contributed by atoms with E-state index in [4.69, 9.17) is 4.74 Å². The Balaban J connectivity index is 1.93. The number of rotatable bonds is 7. The molecule has 0 aliphatic carbocycles. The smallest absolute Gasteiger partial charge is 0.0700 e. The zero-order valence-electron chi connectivity index (χ0n) is 9.42. The summed E-state index contributed by atoms with van der Waals surface area (Å²) in [5.41, 5.74) is 0. The molecule has 84 valence electrons. The molecule has 0 aromatic heterocycles. The zero-order valence-corrected chi connectivity index (χ0v) is 10.2. The Morgan fingerprint density at radius 1 is 1.57 bits per heavy atom. The van der Waals surface area contributed by atoms with Crippen LogP contribution in [0.15, 0.2) is 0 Å². The van der Waals surface area contributed by atoms with Gasteiger partial charge in [-0.1, -0.05) is 6.92 Å². The van der Waals surface area contributed by atoms with Crippen LogP contribution in [0.2, 0.25) is 0 Å². The molecular formula is C11H23NOS. The molecule has 2 unspecified atom stereocenters. The third-order valence-corrected chi connectivity index (χ3v) is 3.55. The Bertz CT molecular complexity index is 137. The molecule has 1 aliphatic rings. The van der Waals surface area contributed by atoms with Crippen LogP contribution in [0.1, 0.15) is 33.1 Å².